The molecule has 0 atom stereocenters. The lowest BCUT2D eigenvalue weighted by Crippen LogP contribution is -1.86. The Kier molecular flexibility index (Phi) is 1.83. The van der Waals surface area contributed by atoms with Crippen LogP contribution in [-0.4, -0.2) is 10.2 Å². The lowest BCUT2D eigenvalue weighted by atomic mass is 10.2. The molecule has 1 aromatic carbocycles. The number of fused-ring (bicyclic) bond motifs is 1. The quantitative estimate of drug-likeness (QED) is 0.658. The molecule has 60 valence electrons. The van der Waals surface area contributed by atoms with Crippen LogP contribution in [0.15, 0.2) is 23.7 Å². The van der Waals surface area contributed by atoms with Gasteiger partial charge in [-0.3, -0.25) is 4.79 Å². The second-order valence-electron chi connectivity index (χ2n) is 2.31. The summed E-state index contributed by atoms with van der Waals surface area (Å²) in [6.45, 7) is 0. The maximum Gasteiger partial charge on any atom is 0.252 e. The van der Waals surface area contributed by atoms with Gasteiger partial charge in [0, 0.05) is 5.56 Å². The molecule has 0 saturated carbocycles. The molecule has 12 heavy (non-hydrogen) atoms. The molecule has 4 heteroatoms. The van der Waals surface area contributed by atoms with Crippen molar-refractivity contribution in [2.45, 2.75) is 0 Å². The number of halogens is 1. The summed E-state index contributed by atoms with van der Waals surface area (Å²) in [4.78, 5) is 14.8. The van der Waals surface area contributed by atoms with Crippen molar-refractivity contribution < 1.29 is 4.79 Å². The molecule has 2 rings (SSSR count). The van der Waals surface area contributed by atoms with Crippen LogP contribution in [0.4, 0.5) is 0 Å². The van der Waals surface area contributed by atoms with Crippen molar-refractivity contribution in [2.75, 3.05) is 0 Å². The minimum Gasteiger partial charge on any atom is -0.276 e. The fourth-order valence-corrected chi connectivity index (χ4v) is 1.76. The molecule has 2 aromatic rings. The van der Waals surface area contributed by atoms with Gasteiger partial charge in [-0.05, 0) is 29.8 Å². The standard InChI is InChI=1S/C8H4ClNOS/c9-8(11)5-1-2-7-6(3-5)10-4-12-7/h1-4H. The van der Waals surface area contributed by atoms with E-state index in [0.717, 1.165) is 10.2 Å². The number of hydrogen-bond acceptors (Lipinski definition) is 3. The summed E-state index contributed by atoms with van der Waals surface area (Å²) in [5.74, 6) is 0. The number of aromatic nitrogens is 1. The lowest BCUT2D eigenvalue weighted by Gasteiger charge is -1.91. The second-order valence-corrected chi connectivity index (χ2v) is 3.54. The molecule has 0 amide bonds. The molecular weight excluding hydrogens is 194 g/mol. The molecule has 0 unspecified atom stereocenters. The number of hydrogen-bond donors (Lipinski definition) is 0. The van der Waals surface area contributed by atoms with Gasteiger partial charge in [0.15, 0.2) is 0 Å². The van der Waals surface area contributed by atoms with Gasteiger partial charge in [0.1, 0.15) is 0 Å². The summed E-state index contributed by atoms with van der Waals surface area (Å²) in [6, 6.07) is 5.25. The van der Waals surface area contributed by atoms with E-state index in [-0.39, 0.29) is 0 Å². The highest BCUT2D eigenvalue weighted by Gasteiger charge is 2.03. The Morgan fingerprint density at radius 3 is 3.08 bits per heavy atom. The summed E-state index contributed by atoms with van der Waals surface area (Å²) in [5, 5.41) is -0.440. The Hall–Kier alpha value is -0.930. The first-order valence-corrected chi connectivity index (χ1v) is 4.56. The van der Waals surface area contributed by atoms with E-state index in [9.17, 15) is 4.79 Å². The van der Waals surface area contributed by atoms with E-state index in [1.807, 2.05) is 6.07 Å². The Morgan fingerprint density at radius 1 is 1.50 bits per heavy atom. The van der Waals surface area contributed by atoms with Gasteiger partial charge in [-0.1, -0.05) is 0 Å². The van der Waals surface area contributed by atoms with Crippen molar-refractivity contribution in [1.29, 1.82) is 0 Å². The lowest BCUT2D eigenvalue weighted by molar-refractivity contribution is 0.108. The molecule has 0 radical (unpaired) electrons. The molecule has 0 N–H and O–H groups in total. The van der Waals surface area contributed by atoms with Crippen LogP contribution in [-0.2, 0) is 0 Å². The fraction of sp³-hybridized carbons (Fsp3) is 0. The van der Waals surface area contributed by atoms with E-state index in [2.05, 4.69) is 4.98 Å². The monoisotopic (exact) mass is 197 g/mol. The normalized spacial score (nSPS) is 10.4. The molecule has 0 saturated heterocycles. The zero-order valence-corrected chi connectivity index (χ0v) is 7.52. The average molecular weight is 198 g/mol. The van der Waals surface area contributed by atoms with Crippen LogP contribution in [0.1, 0.15) is 10.4 Å². The van der Waals surface area contributed by atoms with Crippen molar-refractivity contribution in [3.63, 3.8) is 0 Å². The summed E-state index contributed by atoms with van der Waals surface area (Å²) < 4.78 is 1.07. The molecule has 0 spiro atoms. The van der Waals surface area contributed by atoms with Crippen molar-refractivity contribution in [3.05, 3.63) is 29.3 Å². The first-order valence-electron chi connectivity index (χ1n) is 3.30. The second kappa shape index (κ2) is 2.84. The number of thiazole rings is 1. The Balaban J connectivity index is 2.68. The van der Waals surface area contributed by atoms with Crippen LogP contribution in [0.3, 0.4) is 0 Å². The summed E-state index contributed by atoms with van der Waals surface area (Å²) in [6.07, 6.45) is 0. The minimum atomic E-state index is -0.440. The molecule has 0 aliphatic carbocycles. The van der Waals surface area contributed by atoms with E-state index in [0.29, 0.717) is 5.56 Å². The van der Waals surface area contributed by atoms with Crippen LogP contribution in [0.25, 0.3) is 10.2 Å². The van der Waals surface area contributed by atoms with E-state index >= 15 is 0 Å². The predicted molar refractivity (Wildman–Crippen MR) is 49.8 cm³/mol. The van der Waals surface area contributed by atoms with E-state index in [1.165, 1.54) is 0 Å². The molecule has 0 aliphatic rings. The number of carbonyl (C=O) groups excluding carboxylic acids is 1. The number of rotatable bonds is 1. The number of nitrogens with zero attached hydrogens (tertiary/aromatic N) is 1. The van der Waals surface area contributed by atoms with Crippen LogP contribution in [0.2, 0.25) is 0 Å². The highest BCUT2D eigenvalue weighted by Crippen LogP contribution is 2.19. The van der Waals surface area contributed by atoms with Gasteiger partial charge in [-0.2, -0.15) is 0 Å². The van der Waals surface area contributed by atoms with Crippen molar-refractivity contribution >= 4 is 38.4 Å². The SMILES string of the molecule is O=C(Cl)c1ccc2scnc2c1. The van der Waals surface area contributed by atoms with Gasteiger partial charge in [-0.25, -0.2) is 4.98 Å². The van der Waals surface area contributed by atoms with E-state index in [4.69, 9.17) is 11.6 Å². The van der Waals surface area contributed by atoms with Crippen molar-refractivity contribution in [3.8, 4) is 0 Å². The van der Waals surface area contributed by atoms with Gasteiger partial charge < -0.3 is 0 Å². The van der Waals surface area contributed by atoms with Crippen molar-refractivity contribution in [1.82, 2.24) is 4.98 Å². The third kappa shape index (κ3) is 1.21. The highest BCUT2D eigenvalue weighted by molar-refractivity contribution is 7.16. The summed E-state index contributed by atoms with van der Waals surface area (Å²) in [5.41, 5.74) is 3.06. The Labute approximate surface area is 77.8 Å². The maximum atomic E-state index is 10.8. The first kappa shape index (κ1) is 7.71. The van der Waals surface area contributed by atoms with E-state index < -0.39 is 5.24 Å². The first-order chi connectivity index (χ1) is 5.77. The third-order valence-electron chi connectivity index (χ3n) is 1.56. The van der Waals surface area contributed by atoms with Crippen LogP contribution < -0.4 is 0 Å². The zero-order valence-electron chi connectivity index (χ0n) is 5.95. The van der Waals surface area contributed by atoms with Crippen molar-refractivity contribution in [2.24, 2.45) is 0 Å². The van der Waals surface area contributed by atoms with Gasteiger partial charge in [0.05, 0.1) is 15.7 Å². The smallest absolute Gasteiger partial charge is 0.252 e. The molecule has 2 nitrogen and oxygen atoms in total. The van der Waals surface area contributed by atoms with E-state index in [1.54, 1.807) is 29.0 Å². The molecule has 1 heterocycles. The molecular formula is C8H4ClNOS. The molecule has 0 fully saturated rings. The predicted octanol–water partition coefficient (Wildman–Crippen LogP) is 2.68. The highest BCUT2D eigenvalue weighted by atomic mass is 35.5. The van der Waals surface area contributed by atoms with Crippen LogP contribution in [0, 0.1) is 0 Å². The number of benzene rings is 1. The maximum absolute atomic E-state index is 10.8. The summed E-state index contributed by atoms with van der Waals surface area (Å²) in [7, 11) is 0. The average Bonchev–Trinajstić information content (AvgIpc) is 2.49. The molecule has 0 bridgehead atoms. The Bertz CT molecular complexity index is 437. The third-order valence-corrected chi connectivity index (χ3v) is 2.59. The topological polar surface area (TPSA) is 30.0 Å². The van der Waals surface area contributed by atoms with Gasteiger partial charge in [0.2, 0.25) is 0 Å². The summed E-state index contributed by atoms with van der Waals surface area (Å²) >= 11 is 6.85. The number of carbonyl (C=O) groups is 1. The molecule has 1 aromatic heterocycles. The van der Waals surface area contributed by atoms with Gasteiger partial charge >= 0.3 is 0 Å². The fourth-order valence-electron chi connectivity index (χ4n) is 0.980. The molecule has 0 aliphatic heterocycles. The Morgan fingerprint density at radius 2 is 2.33 bits per heavy atom. The largest absolute Gasteiger partial charge is 0.276 e. The zero-order chi connectivity index (χ0) is 8.55. The van der Waals surface area contributed by atoms with Gasteiger partial charge in [-0.15, -0.1) is 11.3 Å². The van der Waals surface area contributed by atoms with Crippen LogP contribution >= 0.6 is 22.9 Å². The minimum absolute atomic E-state index is 0.440. The van der Waals surface area contributed by atoms with Crippen LogP contribution in [0.5, 0.6) is 0 Å². The van der Waals surface area contributed by atoms with Gasteiger partial charge in [0.25, 0.3) is 5.24 Å².